The van der Waals surface area contributed by atoms with E-state index in [9.17, 15) is 13.6 Å². The summed E-state index contributed by atoms with van der Waals surface area (Å²) < 4.78 is 26.3. The van der Waals surface area contributed by atoms with Gasteiger partial charge in [0.1, 0.15) is 11.6 Å². The van der Waals surface area contributed by atoms with E-state index in [0.717, 1.165) is 25.0 Å². The van der Waals surface area contributed by atoms with Crippen molar-refractivity contribution >= 4 is 5.91 Å². The van der Waals surface area contributed by atoms with E-state index in [1.54, 1.807) is 0 Å². The van der Waals surface area contributed by atoms with Crippen LogP contribution in [0.1, 0.15) is 43.5 Å². The number of amides is 1. The van der Waals surface area contributed by atoms with Crippen LogP contribution in [-0.2, 0) is 0 Å². The van der Waals surface area contributed by atoms with Crippen molar-refractivity contribution in [2.75, 3.05) is 0 Å². The molecule has 0 unspecified atom stereocenters. The van der Waals surface area contributed by atoms with E-state index in [-0.39, 0.29) is 11.6 Å². The zero-order valence-corrected chi connectivity index (χ0v) is 11.2. The van der Waals surface area contributed by atoms with Crippen molar-refractivity contribution in [1.29, 1.82) is 0 Å². The summed E-state index contributed by atoms with van der Waals surface area (Å²) >= 11 is 0. The first-order valence-corrected chi connectivity index (χ1v) is 6.75. The van der Waals surface area contributed by atoms with E-state index in [2.05, 4.69) is 19.2 Å². The molecule has 1 aromatic rings. The van der Waals surface area contributed by atoms with Gasteiger partial charge in [-0.2, -0.15) is 0 Å². The Morgan fingerprint density at radius 3 is 2.68 bits per heavy atom. The molecular weight excluding hydrogens is 248 g/mol. The van der Waals surface area contributed by atoms with E-state index in [0.29, 0.717) is 11.8 Å². The molecule has 1 saturated carbocycles. The molecule has 2 nitrogen and oxygen atoms in total. The summed E-state index contributed by atoms with van der Waals surface area (Å²) in [4.78, 5) is 12.0. The molecule has 104 valence electrons. The van der Waals surface area contributed by atoms with Gasteiger partial charge in [0.2, 0.25) is 0 Å². The molecular formula is C15H19F2NO. The minimum atomic E-state index is -0.811. The smallest absolute Gasteiger partial charge is 0.254 e. The number of rotatable bonds is 2. The average molecular weight is 267 g/mol. The Morgan fingerprint density at radius 1 is 1.26 bits per heavy atom. The molecule has 1 amide bonds. The fourth-order valence-electron chi connectivity index (χ4n) is 2.71. The SMILES string of the molecule is C[C@H]1[C@H](C)CCC[C@H]1NC(=O)c1ccc(F)cc1F. The molecule has 4 heteroatoms. The summed E-state index contributed by atoms with van der Waals surface area (Å²) in [6.45, 7) is 4.28. The van der Waals surface area contributed by atoms with Crippen molar-refractivity contribution in [1.82, 2.24) is 5.32 Å². The minimum Gasteiger partial charge on any atom is -0.349 e. The van der Waals surface area contributed by atoms with E-state index < -0.39 is 17.5 Å². The molecule has 0 aromatic heterocycles. The van der Waals surface area contributed by atoms with Crippen LogP contribution < -0.4 is 5.32 Å². The van der Waals surface area contributed by atoms with Crippen molar-refractivity contribution in [3.63, 3.8) is 0 Å². The summed E-state index contributed by atoms with van der Waals surface area (Å²) in [5.41, 5.74) is -0.0909. The number of halogens is 2. The maximum Gasteiger partial charge on any atom is 0.254 e. The van der Waals surface area contributed by atoms with Crippen LogP contribution in [0.2, 0.25) is 0 Å². The fourth-order valence-corrected chi connectivity index (χ4v) is 2.71. The lowest BCUT2D eigenvalue weighted by atomic mass is 9.78. The number of benzene rings is 1. The van der Waals surface area contributed by atoms with Crippen LogP contribution in [0.25, 0.3) is 0 Å². The van der Waals surface area contributed by atoms with E-state index in [1.165, 1.54) is 12.5 Å². The molecule has 1 aliphatic carbocycles. The average Bonchev–Trinajstić information content (AvgIpc) is 2.34. The second-order valence-electron chi connectivity index (χ2n) is 5.47. The van der Waals surface area contributed by atoms with Crippen molar-refractivity contribution in [3.8, 4) is 0 Å². The summed E-state index contributed by atoms with van der Waals surface area (Å²) in [6.07, 6.45) is 3.15. The maximum absolute atomic E-state index is 13.5. The fraction of sp³-hybridized carbons (Fsp3) is 0.533. The second-order valence-corrected chi connectivity index (χ2v) is 5.47. The largest absolute Gasteiger partial charge is 0.349 e. The van der Waals surface area contributed by atoms with E-state index in [1.807, 2.05) is 0 Å². The maximum atomic E-state index is 13.5. The lowest BCUT2D eigenvalue weighted by Crippen LogP contribution is -2.43. The van der Waals surface area contributed by atoms with Crippen LogP contribution in [0.15, 0.2) is 18.2 Å². The summed E-state index contributed by atoms with van der Waals surface area (Å²) in [5.74, 6) is -1.01. The van der Waals surface area contributed by atoms with Crippen LogP contribution in [0.3, 0.4) is 0 Å². The predicted molar refractivity (Wildman–Crippen MR) is 69.8 cm³/mol. The van der Waals surface area contributed by atoms with E-state index >= 15 is 0 Å². The van der Waals surface area contributed by atoms with Gasteiger partial charge in [-0.3, -0.25) is 4.79 Å². The molecule has 0 radical (unpaired) electrons. The number of nitrogens with one attached hydrogen (secondary N) is 1. The Kier molecular flexibility index (Phi) is 4.17. The molecule has 0 spiro atoms. The normalized spacial score (nSPS) is 27.1. The van der Waals surface area contributed by atoms with Crippen molar-refractivity contribution < 1.29 is 13.6 Å². The zero-order chi connectivity index (χ0) is 14.0. The molecule has 2 rings (SSSR count). The molecule has 1 aromatic carbocycles. The van der Waals surface area contributed by atoms with Crippen LogP contribution in [0, 0.1) is 23.5 Å². The molecule has 0 saturated heterocycles. The Balaban J connectivity index is 2.08. The van der Waals surface area contributed by atoms with Gasteiger partial charge in [0.25, 0.3) is 5.91 Å². The first kappa shape index (κ1) is 14.0. The lowest BCUT2D eigenvalue weighted by Gasteiger charge is -2.34. The lowest BCUT2D eigenvalue weighted by molar-refractivity contribution is 0.0887. The van der Waals surface area contributed by atoms with Crippen molar-refractivity contribution in [2.24, 2.45) is 11.8 Å². The van der Waals surface area contributed by atoms with Crippen LogP contribution >= 0.6 is 0 Å². The highest BCUT2D eigenvalue weighted by Gasteiger charge is 2.28. The number of carbonyl (C=O) groups is 1. The van der Waals surface area contributed by atoms with Crippen LogP contribution in [-0.4, -0.2) is 11.9 Å². The first-order chi connectivity index (χ1) is 8.99. The molecule has 0 bridgehead atoms. The highest BCUT2D eigenvalue weighted by Crippen LogP contribution is 2.29. The van der Waals surface area contributed by atoms with Gasteiger partial charge < -0.3 is 5.32 Å². The third kappa shape index (κ3) is 3.11. The third-order valence-corrected chi connectivity index (χ3v) is 4.20. The first-order valence-electron chi connectivity index (χ1n) is 6.75. The molecule has 1 N–H and O–H groups in total. The number of carbonyl (C=O) groups excluding carboxylic acids is 1. The molecule has 0 heterocycles. The molecule has 1 aliphatic rings. The van der Waals surface area contributed by atoms with Gasteiger partial charge in [0.05, 0.1) is 5.56 Å². The Bertz CT molecular complexity index is 475. The Labute approximate surface area is 112 Å². The Hall–Kier alpha value is -1.45. The molecule has 1 fully saturated rings. The van der Waals surface area contributed by atoms with Crippen LogP contribution in [0.5, 0.6) is 0 Å². The topological polar surface area (TPSA) is 29.1 Å². The van der Waals surface area contributed by atoms with Gasteiger partial charge in [-0.25, -0.2) is 8.78 Å². The summed E-state index contributed by atoms with van der Waals surface area (Å²) in [5, 5.41) is 2.87. The van der Waals surface area contributed by atoms with Gasteiger partial charge in [-0.1, -0.05) is 26.7 Å². The Morgan fingerprint density at radius 2 is 2.00 bits per heavy atom. The molecule has 19 heavy (non-hydrogen) atoms. The van der Waals surface area contributed by atoms with E-state index in [4.69, 9.17) is 0 Å². The van der Waals surface area contributed by atoms with Crippen molar-refractivity contribution in [2.45, 2.75) is 39.2 Å². The highest BCUT2D eigenvalue weighted by molar-refractivity contribution is 5.94. The zero-order valence-electron chi connectivity index (χ0n) is 11.2. The van der Waals surface area contributed by atoms with Crippen molar-refractivity contribution in [3.05, 3.63) is 35.4 Å². The van der Waals surface area contributed by atoms with Gasteiger partial charge in [-0.05, 0) is 30.4 Å². The predicted octanol–water partition coefficient (Wildman–Crippen LogP) is 3.52. The minimum absolute atomic E-state index is 0.0701. The van der Waals surface area contributed by atoms with Crippen LogP contribution in [0.4, 0.5) is 8.78 Å². The number of hydrogen-bond acceptors (Lipinski definition) is 1. The molecule has 0 aliphatic heterocycles. The summed E-state index contributed by atoms with van der Waals surface area (Å²) in [7, 11) is 0. The number of hydrogen-bond donors (Lipinski definition) is 1. The monoisotopic (exact) mass is 267 g/mol. The third-order valence-electron chi connectivity index (χ3n) is 4.20. The van der Waals surface area contributed by atoms with Gasteiger partial charge in [0.15, 0.2) is 0 Å². The van der Waals surface area contributed by atoms with Gasteiger partial charge in [0, 0.05) is 12.1 Å². The van der Waals surface area contributed by atoms with Gasteiger partial charge >= 0.3 is 0 Å². The quantitative estimate of drug-likeness (QED) is 0.872. The second kappa shape index (κ2) is 5.68. The summed E-state index contributed by atoms with van der Waals surface area (Å²) in [6, 6.07) is 3.10. The molecule has 3 atom stereocenters. The van der Waals surface area contributed by atoms with Gasteiger partial charge in [-0.15, -0.1) is 0 Å². The standard InChI is InChI=1S/C15H19F2NO/c1-9-4-3-5-14(10(9)2)18-15(19)12-7-6-11(16)8-13(12)17/h6-10,14H,3-5H2,1-2H3,(H,18,19)/t9-,10+,14-/m1/s1. The highest BCUT2D eigenvalue weighted by atomic mass is 19.1.